The number of nitrogens with zero attached hydrogens (tertiary/aromatic N) is 3. The third-order valence-corrected chi connectivity index (χ3v) is 4.47. The van der Waals surface area contributed by atoms with Crippen LogP contribution in [0.5, 0.6) is 0 Å². The summed E-state index contributed by atoms with van der Waals surface area (Å²) in [5.41, 5.74) is 0.921. The SMILES string of the molecule is CCN(Cc1nc(-c2ccccc2)no1)C(=O)C1CCCCC1. The Kier molecular flexibility index (Phi) is 5.05. The fourth-order valence-electron chi connectivity index (χ4n) is 3.14. The molecule has 0 aliphatic heterocycles. The molecule has 0 atom stereocenters. The van der Waals surface area contributed by atoms with Crippen molar-refractivity contribution in [3.63, 3.8) is 0 Å². The van der Waals surface area contributed by atoms with E-state index in [4.69, 9.17) is 4.52 Å². The van der Waals surface area contributed by atoms with Gasteiger partial charge in [0.25, 0.3) is 0 Å². The molecular weight excluding hydrogens is 290 g/mol. The highest BCUT2D eigenvalue weighted by molar-refractivity contribution is 5.78. The predicted molar refractivity (Wildman–Crippen MR) is 87.4 cm³/mol. The van der Waals surface area contributed by atoms with Gasteiger partial charge in [0.1, 0.15) is 0 Å². The van der Waals surface area contributed by atoms with Crippen molar-refractivity contribution in [2.75, 3.05) is 6.54 Å². The van der Waals surface area contributed by atoms with Gasteiger partial charge in [0.2, 0.25) is 17.6 Å². The number of benzene rings is 1. The summed E-state index contributed by atoms with van der Waals surface area (Å²) in [6, 6.07) is 9.72. The number of amides is 1. The van der Waals surface area contributed by atoms with Crippen LogP contribution in [-0.4, -0.2) is 27.5 Å². The Balaban J connectivity index is 1.67. The van der Waals surface area contributed by atoms with Gasteiger partial charge in [0.05, 0.1) is 6.54 Å². The molecule has 0 bridgehead atoms. The van der Waals surface area contributed by atoms with Crippen molar-refractivity contribution in [3.05, 3.63) is 36.2 Å². The molecule has 1 aliphatic carbocycles. The minimum absolute atomic E-state index is 0.167. The number of carbonyl (C=O) groups excluding carboxylic acids is 1. The van der Waals surface area contributed by atoms with Gasteiger partial charge >= 0.3 is 0 Å². The van der Waals surface area contributed by atoms with E-state index in [1.807, 2.05) is 42.2 Å². The van der Waals surface area contributed by atoms with E-state index >= 15 is 0 Å². The van der Waals surface area contributed by atoms with Gasteiger partial charge in [-0.05, 0) is 19.8 Å². The second-order valence-electron chi connectivity index (χ2n) is 6.07. The van der Waals surface area contributed by atoms with Crippen LogP contribution in [-0.2, 0) is 11.3 Å². The van der Waals surface area contributed by atoms with Crippen LogP contribution >= 0.6 is 0 Å². The highest BCUT2D eigenvalue weighted by Gasteiger charge is 2.26. The Hall–Kier alpha value is -2.17. The first-order valence-corrected chi connectivity index (χ1v) is 8.44. The normalized spacial score (nSPS) is 15.5. The Morgan fingerprint density at radius 2 is 1.96 bits per heavy atom. The quantitative estimate of drug-likeness (QED) is 0.845. The second-order valence-corrected chi connectivity index (χ2v) is 6.07. The number of hydrogen-bond acceptors (Lipinski definition) is 4. The van der Waals surface area contributed by atoms with Crippen molar-refractivity contribution in [2.45, 2.75) is 45.6 Å². The van der Waals surface area contributed by atoms with E-state index in [-0.39, 0.29) is 11.8 Å². The molecule has 2 aromatic rings. The molecule has 122 valence electrons. The molecule has 0 unspecified atom stereocenters. The molecular formula is C18H23N3O2. The average Bonchev–Trinajstić information content (AvgIpc) is 3.09. The standard InChI is InChI=1S/C18H23N3O2/c1-2-21(18(22)15-11-7-4-8-12-15)13-16-19-17(20-23-16)14-9-5-3-6-10-14/h3,5-6,9-10,15H,2,4,7-8,11-13H2,1H3. The third kappa shape index (κ3) is 3.78. The van der Waals surface area contributed by atoms with E-state index in [2.05, 4.69) is 10.1 Å². The molecule has 1 heterocycles. The summed E-state index contributed by atoms with van der Waals surface area (Å²) >= 11 is 0. The smallest absolute Gasteiger partial charge is 0.246 e. The number of hydrogen-bond donors (Lipinski definition) is 0. The van der Waals surface area contributed by atoms with Crippen molar-refractivity contribution in [1.29, 1.82) is 0 Å². The Morgan fingerprint density at radius 1 is 1.22 bits per heavy atom. The molecule has 0 spiro atoms. The first-order chi connectivity index (χ1) is 11.3. The van der Waals surface area contributed by atoms with Crippen LogP contribution < -0.4 is 0 Å². The molecule has 5 heteroatoms. The molecule has 3 rings (SSSR count). The van der Waals surface area contributed by atoms with Crippen LogP contribution in [0.2, 0.25) is 0 Å². The molecule has 1 fully saturated rings. The first-order valence-electron chi connectivity index (χ1n) is 8.44. The van der Waals surface area contributed by atoms with Gasteiger partial charge in [-0.1, -0.05) is 54.8 Å². The summed E-state index contributed by atoms with van der Waals surface area (Å²) < 4.78 is 5.33. The molecule has 1 aliphatic rings. The number of rotatable bonds is 5. The van der Waals surface area contributed by atoms with E-state index in [0.29, 0.717) is 24.8 Å². The van der Waals surface area contributed by atoms with Crippen molar-refractivity contribution in [3.8, 4) is 11.4 Å². The molecule has 1 amide bonds. The molecule has 0 N–H and O–H groups in total. The fraction of sp³-hybridized carbons (Fsp3) is 0.500. The van der Waals surface area contributed by atoms with Gasteiger partial charge in [-0.2, -0.15) is 4.98 Å². The van der Waals surface area contributed by atoms with E-state index in [1.54, 1.807) is 0 Å². The maximum atomic E-state index is 12.6. The zero-order valence-corrected chi connectivity index (χ0v) is 13.6. The van der Waals surface area contributed by atoms with Crippen LogP contribution in [0.15, 0.2) is 34.9 Å². The lowest BCUT2D eigenvalue weighted by atomic mass is 9.88. The van der Waals surface area contributed by atoms with E-state index in [1.165, 1.54) is 6.42 Å². The maximum Gasteiger partial charge on any atom is 0.246 e. The van der Waals surface area contributed by atoms with Gasteiger partial charge in [0, 0.05) is 18.0 Å². The number of carbonyl (C=O) groups is 1. The van der Waals surface area contributed by atoms with Gasteiger partial charge < -0.3 is 9.42 Å². The summed E-state index contributed by atoms with van der Waals surface area (Å²) in [7, 11) is 0. The molecule has 23 heavy (non-hydrogen) atoms. The van der Waals surface area contributed by atoms with Crippen molar-refractivity contribution >= 4 is 5.91 Å². The van der Waals surface area contributed by atoms with E-state index < -0.39 is 0 Å². The Morgan fingerprint density at radius 3 is 2.65 bits per heavy atom. The van der Waals surface area contributed by atoms with Gasteiger partial charge in [-0.3, -0.25) is 4.79 Å². The lowest BCUT2D eigenvalue weighted by Gasteiger charge is -2.27. The Bertz CT molecular complexity index is 633. The van der Waals surface area contributed by atoms with E-state index in [0.717, 1.165) is 31.2 Å². The van der Waals surface area contributed by atoms with Crippen molar-refractivity contribution in [2.24, 2.45) is 5.92 Å². The van der Waals surface area contributed by atoms with Crippen molar-refractivity contribution in [1.82, 2.24) is 15.0 Å². The van der Waals surface area contributed by atoms with Gasteiger partial charge in [0.15, 0.2) is 0 Å². The molecule has 0 radical (unpaired) electrons. The van der Waals surface area contributed by atoms with Crippen LogP contribution in [0.3, 0.4) is 0 Å². The molecule has 5 nitrogen and oxygen atoms in total. The monoisotopic (exact) mass is 313 g/mol. The zero-order valence-electron chi connectivity index (χ0n) is 13.6. The third-order valence-electron chi connectivity index (χ3n) is 4.47. The molecule has 1 aromatic carbocycles. The van der Waals surface area contributed by atoms with Gasteiger partial charge in [-0.15, -0.1) is 0 Å². The minimum Gasteiger partial charge on any atom is -0.337 e. The van der Waals surface area contributed by atoms with Crippen molar-refractivity contribution < 1.29 is 9.32 Å². The molecule has 1 aromatic heterocycles. The summed E-state index contributed by atoms with van der Waals surface area (Å²) in [6.07, 6.45) is 5.59. The van der Waals surface area contributed by atoms with Crippen LogP contribution in [0.4, 0.5) is 0 Å². The summed E-state index contributed by atoms with van der Waals surface area (Å²) in [6.45, 7) is 3.05. The highest BCUT2D eigenvalue weighted by Crippen LogP contribution is 2.26. The largest absolute Gasteiger partial charge is 0.337 e. The predicted octanol–water partition coefficient (Wildman–Crippen LogP) is 3.67. The number of aromatic nitrogens is 2. The summed E-state index contributed by atoms with van der Waals surface area (Å²) in [4.78, 5) is 18.9. The highest BCUT2D eigenvalue weighted by atomic mass is 16.5. The molecule has 1 saturated carbocycles. The Labute approximate surface area is 136 Å². The fourth-order valence-corrected chi connectivity index (χ4v) is 3.14. The first kappa shape index (κ1) is 15.7. The van der Waals surface area contributed by atoms with Crippen LogP contribution in [0.1, 0.15) is 44.9 Å². The zero-order chi connectivity index (χ0) is 16.1. The second kappa shape index (κ2) is 7.40. The minimum atomic E-state index is 0.167. The lowest BCUT2D eigenvalue weighted by molar-refractivity contribution is -0.137. The molecule has 0 saturated heterocycles. The van der Waals surface area contributed by atoms with E-state index in [9.17, 15) is 4.79 Å². The summed E-state index contributed by atoms with van der Waals surface area (Å²) in [5, 5.41) is 4.02. The topological polar surface area (TPSA) is 59.2 Å². The maximum absolute atomic E-state index is 12.6. The summed E-state index contributed by atoms with van der Waals surface area (Å²) in [5.74, 6) is 1.46. The lowest BCUT2D eigenvalue weighted by Crippen LogP contribution is -2.36. The van der Waals surface area contributed by atoms with Gasteiger partial charge in [-0.25, -0.2) is 0 Å². The van der Waals surface area contributed by atoms with Crippen LogP contribution in [0.25, 0.3) is 11.4 Å². The van der Waals surface area contributed by atoms with Crippen LogP contribution in [0, 0.1) is 5.92 Å². The average molecular weight is 313 g/mol.